The smallest absolute Gasteiger partial charge is 0.335 e. The van der Waals surface area contributed by atoms with Crippen LogP contribution in [0.2, 0.25) is 0 Å². The Kier molecular flexibility index (Phi) is 3.82. The van der Waals surface area contributed by atoms with Crippen LogP contribution in [0.3, 0.4) is 0 Å². The predicted molar refractivity (Wildman–Crippen MR) is 102 cm³/mol. The Bertz CT molecular complexity index is 1050. The number of carboxylic acid groups (broad SMARTS) is 1. The first-order valence-electron chi connectivity index (χ1n) is 7.91. The molecule has 0 aliphatic heterocycles. The van der Waals surface area contributed by atoms with Gasteiger partial charge in [0.15, 0.2) is 0 Å². The fourth-order valence-corrected chi connectivity index (χ4v) is 3.74. The van der Waals surface area contributed by atoms with Crippen LogP contribution in [-0.2, 0) is 0 Å². The molecule has 0 saturated carbocycles. The van der Waals surface area contributed by atoms with Gasteiger partial charge in [-0.2, -0.15) is 0 Å². The Balaban J connectivity index is 1.89. The van der Waals surface area contributed by atoms with Gasteiger partial charge in [0.05, 0.1) is 15.8 Å². The van der Waals surface area contributed by atoms with Gasteiger partial charge in [-0.1, -0.05) is 42.0 Å². The second-order valence-electron chi connectivity index (χ2n) is 5.96. The average molecular weight is 345 g/mol. The first kappa shape index (κ1) is 15.5. The molecule has 3 nitrogen and oxygen atoms in total. The summed E-state index contributed by atoms with van der Waals surface area (Å²) in [5.74, 6) is -0.934. The first-order valence-corrected chi connectivity index (χ1v) is 8.73. The van der Waals surface area contributed by atoms with E-state index < -0.39 is 5.97 Å². The molecule has 4 aromatic rings. The van der Waals surface area contributed by atoms with Crippen molar-refractivity contribution >= 4 is 27.5 Å². The first-order chi connectivity index (χ1) is 12.1. The Morgan fingerprint density at radius 3 is 2.36 bits per heavy atom. The number of fused-ring (bicyclic) bond motifs is 1. The van der Waals surface area contributed by atoms with Crippen LogP contribution in [-0.4, -0.2) is 16.1 Å². The average Bonchev–Trinajstić information content (AvgIpc) is 3.06. The van der Waals surface area contributed by atoms with E-state index in [2.05, 4.69) is 4.98 Å². The molecule has 4 rings (SSSR count). The van der Waals surface area contributed by atoms with Crippen LogP contribution in [0.4, 0.5) is 0 Å². The molecule has 0 unspecified atom stereocenters. The molecular formula is C21H15NO2S. The number of aromatic nitrogens is 1. The monoisotopic (exact) mass is 345 g/mol. The highest BCUT2D eigenvalue weighted by atomic mass is 32.1. The minimum absolute atomic E-state index is 0.271. The third-order valence-corrected chi connectivity index (χ3v) is 5.19. The van der Waals surface area contributed by atoms with Gasteiger partial charge in [-0.15, -0.1) is 11.3 Å². The molecule has 0 saturated heterocycles. The lowest BCUT2D eigenvalue weighted by Gasteiger charge is -2.07. The summed E-state index contributed by atoms with van der Waals surface area (Å²) in [5.41, 5.74) is 5.08. The molecule has 122 valence electrons. The molecule has 1 aromatic heterocycles. The van der Waals surface area contributed by atoms with Gasteiger partial charge in [-0.05, 0) is 48.4 Å². The largest absolute Gasteiger partial charge is 0.478 e. The summed E-state index contributed by atoms with van der Waals surface area (Å²) in [4.78, 5) is 16.2. The zero-order valence-electron chi connectivity index (χ0n) is 13.6. The summed E-state index contributed by atoms with van der Waals surface area (Å²) in [7, 11) is 0. The highest BCUT2D eigenvalue weighted by molar-refractivity contribution is 7.21. The van der Waals surface area contributed by atoms with Crippen LogP contribution in [0.15, 0.2) is 66.7 Å². The van der Waals surface area contributed by atoms with E-state index in [1.165, 1.54) is 5.56 Å². The summed E-state index contributed by atoms with van der Waals surface area (Å²) in [6.45, 7) is 2.03. The number of aromatic carboxylic acids is 1. The van der Waals surface area contributed by atoms with Crippen molar-refractivity contribution in [1.82, 2.24) is 4.98 Å². The van der Waals surface area contributed by atoms with Crippen molar-refractivity contribution in [3.8, 4) is 21.7 Å². The topological polar surface area (TPSA) is 50.2 Å². The standard InChI is InChI=1S/C21H15NO2S/c1-13-6-8-14(9-7-13)15-10-16(12-17(11-15)21(23)24)20-22-18-4-2-3-5-19(18)25-20/h2-12H,1H3,(H,23,24). The Hall–Kier alpha value is -2.98. The lowest BCUT2D eigenvalue weighted by molar-refractivity contribution is 0.0697. The molecule has 1 N–H and O–H groups in total. The van der Waals surface area contributed by atoms with Crippen LogP contribution >= 0.6 is 11.3 Å². The Morgan fingerprint density at radius 1 is 0.920 bits per heavy atom. The summed E-state index contributed by atoms with van der Waals surface area (Å²) in [5, 5.41) is 10.3. The van der Waals surface area contributed by atoms with Crippen LogP contribution in [0.1, 0.15) is 15.9 Å². The normalized spacial score (nSPS) is 10.9. The molecule has 0 aliphatic carbocycles. The van der Waals surface area contributed by atoms with Crippen LogP contribution < -0.4 is 0 Å². The zero-order chi connectivity index (χ0) is 17.4. The number of benzene rings is 3. The van der Waals surface area contributed by atoms with E-state index >= 15 is 0 Å². The molecule has 3 aromatic carbocycles. The van der Waals surface area contributed by atoms with Crippen molar-refractivity contribution in [3.63, 3.8) is 0 Å². The van der Waals surface area contributed by atoms with Crippen LogP contribution in [0.5, 0.6) is 0 Å². The molecule has 25 heavy (non-hydrogen) atoms. The van der Waals surface area contributed by atoms with Gasteiger partial charge in [-0.25, -0.2) is 9.78 Å². The fraction of sp³-hybridized carbons (Fsp3) is 0.0476. The lowest BCUT2D eigenvalue weighted by Crippen LogP contribution is -1.97. The number of carbonyl (C=O) groups is 1. The highest BCUT2D eigenvalue weighted by Crippen LogP contribution is 2.33. The highest BCUT2D eigenvalue weighted by Gasteiger charge is 2.12. The third-order valence-electron chi connectivity index (χ3n) is 4.11. The molecule has 0 spiro atoms. The number of hydrogen-bond acceptors (Lipinski definition) is 3. The van der Waals surface area contributed by atoms with Crippen molar-refractivity contribution in [2.75, 3.05) is 0 Å². The molecule has 0 radical (unpaired) electrons. The van der Waals surface area contributed by atoms with Crippen LogP contribution in [0.25, 0.3) is 31.9 Å². The molecule has 0 amide bonds. The van der Waals surface area contributed by atoms with E-state index in [1.54, 1.807) is 23.5 Å². The lowest BCUT2D eigenvalue weighted by atomic mass is 9.99. The number of nitrogens with zero attached hydrogens (tertiary/aromatic N) is 1. The summed E-state index contributed by atoms with van der Waals surface area (Å²) in [6, 6.07) is 21.4. The van der Waals surface area contributed by atoms with Crippen molar-refractivity contribution in [3.05, 3.63) is 77.9 Å². The molecule has 1 heterocycles. The van der Waals surface area contributed by atoms with E-state index in [4.69, 9.17) is 0 Å². The van der Waals surface area contributed by atoms with Crippen molar-refractivity contribution in [1.29, 1.82) is 0 Å². The van der Waals surface area contributed by atoms with E-state index in [0.717, 1.165) is 31.9 Å². The minimum atomic E-state index is -0.934. The van der Waals surface area contributed by atoms with Crippen molar-refractivity contribution < 1.29 is 9.90 Å². The predicted octanol–water partition coefficient (Wildman–Crippen LogP) is 5.64. The number of thiazole rings is 1. The van der Waals surface area contributed by atoms with Gasteiger partial charge in [0.25, 0.3) is 0 Å². The van der Waals surface area contributed by atoms with Gasteiger partial charge >= 0.3 is 5.97 Å². The zero-order valence-corrected chi connectivity index (χ0v) is 14.4. The maximum absolute atomic E-state index is 11.6. The van der Waals surface area contributed by atoms with Gasteiger partial charge in [-0.3, -0.25) is 0 Å². The second kappa shape index (κ2) is 6.15. The van der Waals surface area contributed by atoms with Crippen molar-refractivity contribution in [2.24, 2.45) is 0 Å². The van der Waals surface area contributed by atoms with Gasteiger partial charge in [0.1, 0.15) is 5.01 Å². The summed E-state index contributed by atoms with van der Waals surface area (Å²) in [6.07, 6.45) is 0. The summed E-state index contributed by atoms with van der Waals surface area (Å²) < 4.78 is 1.09. The number of aryl methyl sites for hydroxylation is 1. The second-order valence-corrected chi connectivity index (χ2v) is 6.99. The molecular weight excluding hydrogens is 330 g/mol. The molecule has 0 aliphatic rings. The molecule has 0 atom stereocenters. The molecule has 0 fully saturated rings. The van der Waals surface area contributed by atoms with Gasteiger partial charge in [0, 0.05) is 5.56 Å². The van der Waals surface area contributed by atoms with Gasteiger partial charge < -0.3 is 5.11 Å². The Morgan fingerprint density at radius 2 is 1.64 bits per heavy atom. The number of hydrogen-bond donors (Lipinski definition) is 1. The van der Waals surface area contributed by atoms with Crippen LogP contribution in [0, 0.1) is 6.92 Å². The van der Waals surface area contributed by atoms with E-state index in [-0.39, 0.29) is 5.56 Å². The number of carboxylic acids is 1. The quantitative estimate of drug-likeness (QED) is 0.523. The SMILES string of the molecule is Cc1ccc(-c2cc(C(=O)O)cc(-c3nc4ccccc4s3)c2)cc1. The number of para-hydroxylation sites is 1. The molecule has 0 bridgehead atoms. The van der Waals surface area contributed by atoms with Crippen molar-refractivity contribution in [2.45, 2.75) is 6.92 Å². The van der Waals surface area contributed by atoms with E-state index in [0.29, 0.717) is 0 Å². The summed E-state index contributed by atoms with van der Waals surface area (Å²) >= 11 is 1.57. The van der Waals surface area contributed by atoms with E-state index in [1.807, 2.05) is 61.5 Å². The Labute approximate surface area is 149 Å². The molecule has 4 heteroatoms. The maximum Gasteiger partial charge on any atom is 0.335 e. The van der Waals surface area contributed by atoms with E-state index in [9.17, 15) is 9.90 Å². The maximum atomic E-state index is 11.6. The minimum Gasteiger partial charge on any atom is -0.478 e. The third kappa shape index (κ3) is 3.04. The van der Waals surface area contributed by atoms with Gasteiger partial charge in [0.2, 0.25) is 0 Å². The number of rotatable bonds is 3. The fourth-order valence-electron chi connectivity index (χ4n) is 2.78.